The van der Waals surface area contributed by atoms with Crippen molar-refractivity contribution in [1.29, 1.82) is 0 Å². The Labute approximate surface area is 75.6 Å². The molecule has 0 aromatic carbocycles. The number of aliphatic hydroxyl groups excluding tert-OH is 1. The average molecular weight is 191 g/mol. The first-order valence-corrected chi connectivity index (χ1v) is 3.63. The van der Waals surface area contributed by atoms with Crippen LogP contribution >= 0.6 is 0 Å². The Kier molecular flexibility index (Phi) is 5.37. The van der Waals surface area contributed by atoms with Gasteiger partial charge in [-0.25, -0.2) is 0 Å². The van der Waals surface area contributed by atoms with E-state index in [1.165, 1.54) is 0 Å². The third-order valence-corrected chi connectivity index (χ3v) is 1.32. The summed E-state index contributed by atoms with van der Waals surface area (Å²) in [5, 5.41) is 22.2. The lowest BCUT2D eigenvalue weighted by Crippen LogP contribution is -2.24. The van der Waals surface area contributed by atoms with E-state index in [0.29, 0.717) is 0 Å². The van der Waals surface area contributed by atoms with Crippen molar-refractivity contribution in [3.63, 3.8) is 0 Å². The van der Waals surface area contributed by atoms with E-state index in [1.807, 2.05) is 19.4 Å². The Balaban J connectivity index is 0.000000310. The smallest absolute Gasteiger partial charge is 0.291 e. The average Bonchev–Trinajstić information content (AvgIpc) is 2.35. The molecule has 1 heterocycles. The molecule has 0 saturated carbocycles. The van der Waals surface area contributed by atoms with Crippen LogP contribution in [0.15, 0.2) is 12.4 Å². The topological polar surface area (TPSA) is 90.1 Å². The molecule has 7 heteroatoms. The first-order valence-electron chi connectivity index (χ1n) is 3.63. The van der Waals surface area contributed by atoms with Crippen LogP contribution in [0.4, 0.5) is 0 Å². The minimum absolute atomic E-state index is 0.234. The van der Waals surface area contributed by atoms with Gasteiger partial charge in [-0.1, -0.05) is 0 Å². The molecule has 0 amide bonds. The maximum absolute atomic E-state index is 8.52. The van der Waals surface area contributed by atoms with Gasteiger partial charge in [0.05, 0.1) is 13.3 Å². The Hall–Kier alpha value is -1.50. The molecule has 0 aromatic heterocycles. The quantitative estimate of drug-likeness (QED) is 0.443. The van der Waals surface area contributed by atoms with E-state index in [1.54, 1.807) is 0 Å². The SMILES string of the molecule is CN1C=CN(CCO)C1.O=[N+]([O-])O. The van der Waals surface area contributed by atoms with E-state index in [-0.39, 0.29) is 6.61 Å². The number of rotatable bonds is 2. The van der Waals surface area contributed by atoms with Crippen molar-refractivity contribution >= 4 is 0 Å². The van der Waals surface area contributed by atoms with Gasteiger partial charge in [-0.05, 0) is 0 Å². The fourth-order valence-corrected chi connectivity index (χ4v) is 0.863. The second kappa shape index (κ2) is 6.06. The van der Waals surface area contributed by atoms with Crippen LogP contribution in [-0.2, 0) is 0 Å². The normalized spacial score (nSPS) is 14.0. The monoisotopic (exact) mass is 191 g/mol. The number of nitrogens with zero attached hydrogens (tertiary/aromatic N) is 3. The molecule has 0 bridgehead atoms. The maximum Gasteiger partial charge on any atom is 0.291 e. The second-order valence-corrected chi connectivity index (χ2v) is 2.47. The lowest BCUT2D eigenvalue weighted by atomic mass is 10.6. The third-order valence-electron chi connectivity index (χ3n) is 1.32. The number of hydrogen-bond donors (Lipinski definition) is 2. The van der Waals surface area contributed by atoms with Crippen molar-refractivity contribution in [2.24, 2.45) is 0 Å². The van der Waals surface area contributed by atoms with E-state index >= 15 is 0 Å². The zero-order valence-corrected chi connectivity index (χ0v) is 7.33. The maximum atomic E-state index is 8.52. The Morgan fingerprint density at radius 2 is 2.15 bits per heavy atom. The van der Waals surface area contributed by atoms with E-state index < -0.39 is 5.09 Å². The molecule has 0 aromatic rings. The molecule has 0 fully saturated rings. The fraction of sp³-hybridized carbons (Fsp3) is 0.667. The summed E-state index contributed by atoms with van der Waals surface area (Å²) in [6, 6.07) is 0. The van der Waals surface area contributed by atoms with Gasteiger partial charge in [-0.3, -0.25) is 0 Å². The van der Waals surface area contributed by atoms with Crippen molar-refractivity contribution in [3.8, 4) is 0 Å². The molecule has 1 aliphatic heterocycles. The zero-order chi connectivity index (χ0) is 10.3. The second-order valence-electron chi connectivity index (χ2n) is 2.47. The largest absolute Gasteiger partial charge is 0.395 e. The summed E-state index contributed by atoms with van der Waals surface area (Å²) in [6.45, 7) is 1.87. The predicted molar refractivity (Wildman–Crippen MR) is 44.3 cm³/mol. The van der Waals surface area contributed by atoms with Crippen molar-refractivity contribution in [2.45, 2.75) is 0 Å². The van der Waals surface area contributed by atoms with E-state index in [0.717, 1.165) is 13.2 Å². The molecule has 0 unspecified atom stereocenters. The molecule has 2 N–H and O–H groups in total. The molecule has 0 radical (unpaired) electrons. The highest BCUT2D eigenvalue weighted by molar-refractivity contribution is 4.88. The molecule has 0 spiro atoms. The van der Waals surface area contributed by atoms with Crippen LogP contribution in [0, 0.1) is 10.1 Å². The lowest BCUT2D eigenvalue weighted by Gasteiger charge is -2.15. The molecule has 0 atom stereocenters. The van der Waals surface area contributed by atoms with Gasteiger partial charge in [-0.2, -0.15) is 0 Å². The number of aliphatic hydroxyl groups is 1. The van der Waals surface area contributed by atoms with Crippen LogP contribution in [0.5, 0.6) is 0 Å². The molecule has 76 valence electrons. The van der Waals surface area contributed by atoms with Crippen LogP contribution in [0.2, 0.25) is 0 Å². The molecule has 7 nitrogen and oxygen atoms in total. The highest BCUT2D eigenvalue weighted by Crippen LogP contribution is 2.01. The summed E-state index contributed by atoms with van der Waals surface area (Å²) in [6.07, 6.45) is 3.98. The summed E-state index contributed by atoms with van der Waals surface area (Å²) in [7, 11) is 2.01. The summed E-state index contributed by atoms with van der Waals surface area (Å²) in [4.78, 5) is 12.5. The predicted octanol–water partition coefficient (Wildman–Crippen LogP) is -0.693. The van der Waals surface area contributed by atoms with Crippen LogP contribution in [-0.4, -0.2) is 52.1 Å². The van der Waals surface area contributed by atoms with E-state index in [9.17, 15) is 0 Å². The highest BCUT2D eigenvalue weighted by atomic mass is 16.9. The summed E-state index contributed by atoms with van der Waals surface area (Å²) >= 11 is 0. The minimum Gasteiger partial charge on any atom is -0.395 e. The molecule has 0 saturated heterocycles. The minimum atomic E-state index is -1.50. The molecule has 1 rings (SSSR count). The standard InChI is InChI=1S/C6H12N2O.HNO3/c1-7-2-3-8(6-7)4-5-9;2-1(3)4/h2-3,9H,4-6H2,1H3;(H,2,3,4). The summed E-state index contributed by atoms with van der Waals surface area (Å²) in [5.41, 5.74) is 0. The van der Waals surface area contributed by atoms with Gasteiger partial charge in [0.2, 0.25) is 0 Å². The van der Waals surface area contributed by atoms with Gasteiger partial charge in [0, 0.05) is 26.0 Å². The number of β-amino-alcohol motifs (C(OH)–C–C–N with tert-alkyl or cyclic N) is 1. The molecular weight excluding hydrogens is 178 g/mol. The lowest BCUT2D eigenvalue weighted by molar-refractivity contribution is -0.742. The first-order chi connectivity index (χ1) is 6.06. The first kappa shape index (κ1) is 11.5. The van der Waals surface area contributed by atoms with Gasteiger partial charge in [-0.15, -0.1) is 10.1 Å². The van der Waals surface area contributed by atoms with Crippen LogP contribution < -0.4 is 0 Å². The van der Waals surface area contributed by atoms with Gasteiger partial charge in [0.15, 0.2) is 0 Å². The summed E-state index contributed by atoms with van der Waals surface area (Å²) < 4.78 is 0. The third kappa shape index (κ3) is 6.88. The van der Waals surface area contributed by atoms with Crippen LogP contribution in [0.25, 0.3) is 0 Å². The van der Waals surface area contributed by atoms with Gasteiger partial charge in [0.25, 0.3) is 5.09 Å². The van der Waals surface area contributed by atoms with Crippen molar-refractivity contribution in [2.75, 3.05) is 26.9 Å². The fourth-order valence-electron chi connectivity index (χ4n) is 0.863. The highest BCUT2D eigenvalue weighted by Gasteiger charge is 2.05. The Morgan fingerprint density at radius 1 is 1.62 bits per heavy atom. The Bertz CT molecular complexity index is 181. The number of hydrogen-bond acceptors (Lipinski definition) is 5. The van der Waals surface area contributed by atoms with Gasteiger partial charge >= 0.3 is 0 Å². The molecule has 1 aliphatic rings. The van der Waals surface area contributed by atoms with Gasteiger partial charge < -0.3 is 20.1 Å². The molecular formula is C6H13N3O4. The van der Waals surface area contributed by atoms with Crippen molar-refractivity contribution in [3.05, 3.63) is 22.5 Å². The Morgan fingerprint density at radius 3 is 2.46 bits per heavy atom. The van der Waals surface area contributed by atoms with Crippen molar-refractivity contribution in [1.82, 2.24) is 9.80 Å². The molecule has 13 heavy (non-hydrogen) atoms. The van der Waals surface area contributed by atoms with E-state index in [2.05, 4.69) is 9.80 Å². The zero-order valence-electron chi connectivity index (χ0n) is 7.33. The van der Waals surface area contributed by atoms with Crippen LogP contribution in [0.3, 0.4) is 0 Å². The van der Waals surface area contributed by atoms with Gasteiger partial charge in [0.1, 0.15) is 0 Å². The van der Waals surface area contributed by atoms with Crippen LogP contribution in [0.1, 0.15) is 0 Å². The van der Waals surface area contributed by atoms with E-state index in [4.69, 9.17) is 20.4 Å². The molecule has 0 aliphatic carbocycles. The van der Waals surface area contributed by atoms with Crippen molar-refractivity contribution < 1.29 is 15.4 Å². The summed E-state index contributed by atoms with van der Waals surface area (Å²) in [5.74, 6) is 0.